The molecule has 4 aromatic rings. The minimum Gasteiger partial charge on any atom is -0.315 e. The van der Waals surface area contributed by atoms with Crippen LogP contribution >= 0.6 is 22.7 Å². The summed E-state index contributed by atoms with van der Waals surface area (Å²) in [7, 11) is 0. The molecule has 1 aliphatic rings. The highest BCUT2D eigenvalue weighted by atomic mass is 32.1. The Labute approximate surface area is 181 Å². The molecule has 1 fully saturated rings. The van der Waals surface area contributed by atoms with Gasteiger partial charge in [0.2, 0.25) is 0 Å². The van der Waals surface area contributed by atoms with Gasteiger partial charge in [-0.05, 0) is 22.6 Å². The van der Waals surface area contributed by atoms with Crippen LogP contribution in [0.5, 0.6) is 0 Å². The molecule has 5 rings (SSSR count). The van der Waals surface area contributed by atoms with E-state index in [9.17, 15) is 9.59 Å². The zero-order valence-corrected chi connectivity index (χ0v) is 17.5. The number of hydrogen-bond donors (Lipinski definition) is 1. The third kappa shape index (κ3) is 3.03. The van der Waals surface area contributed by atoms with Gasteiger partial charge in [-0.25, -0.2) is 9.78 Å². The van der Waals surface area contributed by atoms with E-state index in [1.54, 1.807) is 11.3 Å². The van der Waals surface area contributed by atoms with Crippen LogP contribution in [-0.2, 0) is 16.9 Å². The third-order valence-electron chi connectivity index (χ3n) is 5.12. The number of thiophene rings is 1. The second-order valence-electron chi connectivity index (χ2n) is 6.92. The van der Waals surface area contributed by atoms with E-state index in [1.165, 1.54) is 16.2 Å². The zero-order valence-electron chi connectivity index (χ0n) is 15.8. The van der Waals surface area contributed by atoms with Crippen molar-refractivity contribution in [2.45, 2.75) is 12.1 Å². The summed E-state index contributed by atoms with van der Waals surface area (Å²) in [6.45, 7) is 0.133. The van der Waals surface area contributed by atoms with E-state index in [0.717, 1.165) is 21.0 Å². The Kier molecular flexibility index (Phi) is 4.69. The van der Waals surface area contributed by atoms with E-state index < -0.39 is 11.6 Å². The second kappa shape index (κ2) is 7.51. The van der Waals surface area contributed by atoms with Crippen molar-refractivity contribution >= 4 is 34.6 Å². The number of benzene rings is 2. The van der Waals surface area contributed by atoms with Gasteiger partial charge >= 0.3 is 6.03 Å². The topological polar surface area (TPSA) is 62.3 Å². The van der Waals surface area contributed by atoms with E-state index in [0.29, 0.717) is 5.69 Å². The van der Waals surface area contributed by atoms with Crippen molar-refractivity contribution in [3.8, 4) is 9.88 Å². The largest absolute Gasteiger partial charge is 0.325 e. The van der Waals surface area contributed by atoms with Crippen LogP contribution in [0.1, 0.15) is 16.8 Å². The minimum absolute atomic E-state index is 0.133. The summed E-state index contributed by atoms with van der Waals surface area (Å²) in [5.74, 6) is -0.296. The van der Waals surface area contributed by atoms with Crippen LogP contribution in [0.2, 0.25) is 0 Å². The van der Waals surface area contributed by atoms with Crippen molar-refractivity contribution in [1.29, 1.82) is 0 Å². The molecule has 2 aromatic carbocycles. The fraction of sp³-hybridized carbons (Fsp3) is 0.0870. The van der Waals surface area contributed by atoms with Gasteiger partial charge in [0.1, 0.15) is 5.01 Å². The Morgan fingerprint density at radius 3 is 2.13 bits per heavy atom. The Hall–Kier alpha value is -3.29. The fourth-order valence-corrected chi connectivity index (χ4v) is 5.33. The summed E-state index contributed by atoms with van der Waals surface area (Å²) in [5, 5.41) is 7.77. The number of urea groups is 1. The van der Waals surface area contributed by atoms with Gasteiger partial charge in [0.25, 0.3) is 5.91 Å². The predicted octanol–water partition coefficient (Wildman–Crippen LogP) is 4.87. The van der Waals surface area contributed by atoms with Crippen LogP contribution in [0.15, 0.2) is 83.6 Å². The van der Waals surface area contributed by atoms with Gasteiger partial charge in [-0.3, -0.25) is 9.69 Å². The number of imide groups is 1. The van der Waals surface area contributed by atoms with Crippen molar-refractivity contribution in [2.75, 3.05) is 0 Å². The first kappa shape index (κ1) is 18.7. The average Bonchev–Trinajstić information content (AvgIpc) is 3.52. The molecular formula is C23H17N3O2S2. The molecule has 0 saturated carbocycles. The lowest BCUT2D eigenvalue weighted by atomic mass is 9.82. The van der Waals surface area contributed by atoms with E-state index >= 15 is 0 Å². The van der Waals surface area contributed by atoms with Crippen molar-refractivity contribution in [3.63, 3.8) is 0 Å². The summed E-state index contributed by atoms with van der Waals surface area (Å²) >= 11 is 3.13. The number of amides is 3. The quantitative estimate of drug-likeness (QED) is 0.459. The first-order chi connectivity index (χ1) is 14.7. The number of carbonyl (C=O) groups is 2. The van der Waals surface area contributed by atoms with Crippen LogP contribution < -0.4 is 5.32 Å². The lowest BCUT2D eigenvalue weighted by Gasteiger charge is -2.27. The first-order valence-electron chi connectivity index (χ1n) is 9.42. The number of nitrogens with zero attached hydrogens (tertiary/aromatic N) is 2. The second-order valence-corrected chi connectivity index (χ2v) is 8.73. The molecule has 3 heterocycles. The van der Waals surface area contributed by atoms with Crippen LogP contribution in [0.25, 0.3) is 9.88 Å². The Bertz CT molecular complexity index is 1150. The van der Waals surface area contributed by atoms with E-state index in [1.807, 2.05) is 83.6 Å². The maximum absolute atomic E-state index is 13.7. The number of hydrogen-bond acceptors (Lipinski definition) is 5. The summed E-state index contributed by atoms with van der Waals surface area (Å²) in [6.07, 6.45) is 0. The fourth-order valence-electron chi connectivity index (χ4n) is 3.71. The summed E-state index contributed by atoms with van der Waals surface area (Å²) < 4.78 is 0. The molecule has 7 heteroatoms. The van der Waals surface area contributed by atoms with Crippen molar-refractivity contribution in [3.05, 3.63) is 100 Å². The number of carbonyl (C=O) groups excluding carboxylic acids is 2. The monoisotopic (exact) mass is 431 g/mol. The summed E-state index contributed by atoms with van der Waals surface area (Å²) in [4.78, 5) is 33.6. The van der Waals surface area contributed by atoms with Gasteiger partial charge in [-0.15, -0.1) is 22.7 Å². The van der Waals surface area contributed by atoms with E-state index in [4.69, 9.17) is 0 Å². The Morgan fingerprint density at radius 2 is 1.53 bits per heavy atom. The Balaban J connectivity index is 1.51. The number of aromatic nitrogens is 1. The minimum atomic E-state index is -1.24. The number of nitrogens with one attached hydrogen (secondary N) is 1. The van der Waals surface area contributed by atoms with Crippen LogP contribution in [0.3, 0.4) is 0 Å². The number of rotatable bonds is 5. The highest BCUT2D eigenvalue weighted by molar-refractivity contribution is 7.20. The molecule has 3 amide bonds. The van der Waals surface area contributed by atoms with Crippen LogP contribution in [0, 0.1) is 0 Å². The van der Waals surface area contributed by atoms with Crippen LogP contribution in [0.4, 0.5) is 4.79 Å². The third-order valence-corrected chi connectivity index (χ3v) is 7.05. The highest BCUT2D eigenvalue weighted by Gasteiger charge is 2.53. The smallest absolute Gasteiger partial charge is 0.315 e. The maximum atomic E-state index is 13.7. The van der Waals surface area contributed by atoms with Gasteiger partial charge in [0.05, 0.1) is 17.1 Å². The maximum Gasteiger partial charge on any atom is 0.325 e. The molecule has 0 unspecified atom stereocenters. The molecule has 30 heavy (non-hydrogen) atoms. The molecule has 0 spiro atoms. The first-order valence-corrected chi connectivity index (χ1v) is 11.2. The SMILES string of the molecule is O=C1NC(c2ccccc2)(c2ccccc2)C(=O)N1Cc1csc(-c2cccs2)n1. The average molecular weight is 432 g/mol. The number of thiazole rings is 1. The van der Waals surface area contributed by atoms with Crippen molar-refractivity contribution in [1.82, 2.24) is 15.2 Å². The van der Waals surface area contributed by atoms with Gasteiger partial charge in [0.15, 0.2) is 5.54 Å². The standard InChI is InChI=1S/C23H17N3O2S2/c27-21-23(16-8-3-1-4-9-16,17-10-5-2-6-11-17)25-22(28)26(21)14-18-15-30-20(24-18)19-12-7-13-29-19/h1-13,15H,14H2,(H,25,28). The molecule has 148 valence electrons. The molecule has 0 atom stereocenters. The van der Waals surface area contributed by atoms with Crippen molar-refractivity contribution < 1.29 is 9.59 Å². The Morgan fingerprint density at radius 1 is 0.867 bits per heavy atom. The van der Waals surface area contributed by atoms with Gasteiger partial charge in [-0.1, -0.05) is 66.7 Å². The predicted molar refractivity (Wildman–Crippen MR) is 118 cm³/mol. The summed E-state index contributed by atoms with van der Waals surface area (Å²) in [6, 6.07) is 22.3. The molecule has 5 nitrogen and oxygen atoms in total. The normalized spacial score (nSPS) is 15.4. The molecule has 0 aliphatic carbocycles. The van der Waals surface area contributed by atoms with E-state index in [2.05, 4.69) is 10.3 Å². The molecule has 0 radical (unpaired) electrons. The lowest BCUT2D eigenvalue weighted by Crippen LogP contribution is -2.45. The van der Waals surface area contributed by atoms with E-state index in [-0.39, 0.29) is 12.5 Å². The van der Waals surface area contributed by atoms with Gasteiger partial charge in [0, 0.05) is 5.38 Å². The molecular weight excluding hydrogens is 414 g/mol. The lowest BCUT2D eigenvalue weighted by molar-refractivity contribution is -0.130. The zero-order chi connectivity index (χ0) is 20.6. The van der Waals surface area contributed by atoms with Crippen LogP contribution in [-0.4, -0.2) is 21.8 Å². The van der Waals surface area contributed by atoms with Crippen molar-refractivity contribution in [2.24, 2.45) is 0 Å². The summed E-state index contributed by atoms with van der Waals surface area (Å²) in [5.41, 5.74) is 0.916. The molecule has 0 bridgehead atoms. The van der Waals surface area contributed by atoms with Gasteiger partial charge in [-0.2, -0.15) is 0 Å². The molecule has 1 saturated heterocycles. The molecule has 1 N–H and O–H groups in total. The highest BCUT2D eigenvalue weighted by Crippen LogP contribution is 2.37. The van der Waals surface area contributed by atoms with Gasteiger partial charge < -0.3 is 5.32 Å². The molecule has 1 aliphatic heterocycles. The molecule has 2 aromatic heterocycles.